The molecule has 1 unspecified atom stereocenters. The fourth-order valence-electron chi connectivity index (χ4n) is 2.78. The molecule has 0 radical (unpaired) electrons. The van der Waals surface area contributed by atoms with Gasteiger partial charge >= 0.3 is 0 Å². The van der Waals surface area contributed by atoms with E-state index in [9.17, 15) is 0 Å². The first-order valence-corrected chi connectivity index (χ1v) is 5.71. The van der Waals surface area contributed by atoms with Gasteiger partial charge in [-0.2, -0.15) is 0 Å². The van der Waals surface area contributed by atoms with Crippen molar-refractivity contribution in [2.24, 2.45) is 4.99 Å². The van der Waals surface area contributed by atoms with E-state index in [0.29, 0.717) is 6.04 Å². The van der Waals surface area contributed by atoms with Crippen molar-refractivity contribution < 1.29 is 0 Å². The quantitative estimate of drug-likeness (QED) is 0.664. The second-order valence-electron chi connectivity index (χ2n) is 4.72. The second-order valence-corrected chi connectivity index (χ2v) is 4.72. The van der Waals surface area contributed by atoms with Gasteiger partial charge in [0.2, 0.25) is 0 Å². The van der Waals surface area contributed by atoms with E-state index in [2.05, 4.69) is 32.2 Å². The maximum absolute atomic E-state index is 4.79. The summed E-state index contributed by atoms with van der Waals surface area (Å²) in [7, 11) is 0. The van der Waals surface area contributed by atoms with Crippen LogP contribution in [0, 0.1) is 6.92 Å². The molecule has 16 heavy (non-hydrogen) atoms. The van der Waals surface area contributed by atoms with Gasteiger partial charge in [0, 0.05) is 5.56 Å². The van der Waals surface area contributed by atoms with Crippen LogP contribution in [-0.2, 0) is 12.8 Å². The van der Waals surface area contributed by atoms with E-state index in [1.54, 1.807) is 6.08 Å². The highest BCUT2D eigenvalue weighted by Crippen LogP contribution is 2.34. The minimum atomic E-state index is 0.441. The number of allylic oxidation sites excluding steroid dienone is 2. The highest BCUT2D eigenvalue weighted by molar-refractivity contribution is 6.15. The maximum atomic E-state index is 4.79. The number of nitrogens with zero attached hydrogens (tertiary/aromatic N) is 1. The summed E-state index contributed by atoms with van der Waals surface area (Å²) in [5.41, 5.74) is 7.59. The smallest absolute Gasteiger partial charge is 0.0719 e. The number of aliphatic imine (C=N–C) groups is 1. The van der Waals surface area contributed by atoms with Crippen molar-refractivity contribution in [1.82, 2.24) is 0 Å². The van der Waals surface area contributed by atoms with E-state index < -0.39 is 0 Å². The minimum absolute atomic E-state index is 0.441. The molecule has 0 spiro atoms. The highest BCUT2D eigenvalue weighted by Gasteiger charge is 2.30. The number of hydrogen-bond acceptors (Lipinski definition) is 1. The van der Waals surface area contributed by atoms with Gasteiger partial charge in [0.15, 0.2) is 0 Å². The summed E-state index contributed by atoms with van der Waals surface area (Å²) in [4.78, 5) is 4.79. The van der Waals surface area contributed by atoms with Gasteiger partial charge in [-0.05, 0) is 42.5 Å². The number of aryl methyl sites for hydroxylation is 1. The normalized spacial score (nSPS) is 20.6. The van der Waals surface area contributed by atoms with Crippen molar-refractivity contribution >= 4 is 5.71 Å². The molecule has 80 valence electrons. The standard InChI is InChI=1S/C15H15N/c1-4-10(3)15-14-6-9(2)5-11-7-12(16-15)8-13(11)14/h4-6,12H,1,3,7-8H2,2H3. The van der Waals surface area contributed by atoms with Crippen molar-refractivity contribution in [3.63, 3.8) is 0 Å². The molecule has 2 bridgehead atoms. The summed E-state index contributed by atoms with van der Waals surface area (Å²) in [6.07, 6.45) is 4.01. The molecule has 1 aliphatic carbocycles. The lowest BCUT2D eigenvalue weighted by atomic mass is 9.92. The van der Waals surface area contributed by atoms with Crippen molar-refractivity contribution in [2.45, 2.75) is 25.8 Å². The summed E-state index contributed by atoms with van der Waals surface area (Å²) in [6.45, 7) is 9.98. The molecule has 0 amide bonds. The van der Waals surface area contributed by atoms with Crippen molar-refractivity contribution in [1.29, 1.82) is 0 Å². The molecule has 2 aliphatic rings. The Hall–Kier alpha value is -1.63. The van der Waals surface area contributed by atoms with Crippen LogP contribution in [0.3, 0.4) is 0 Å². The Morgan fingerprint density at radius 2 is 2.25 bits per heavy atom. The summed E-state index contributed by atoms with van der Waals surface area (Å²) >= 11 is 0. The highest BCUT2D eigenvalue weighted by atomic mass is 14.8. The first-order chi connectivity index (χ1) is 7.69. The fraction of sp³-hybridized carbons (Fsp3) is 0.267. The van der Waals surface area contributed by atoms with Gasteiger partial charge in [-0.1, -0.05) is 30.9 Å². The Labute approximate surface area is 96.2 Å². The van der Waals surface area contributed by atoms with Crippen LogP contribution in [0.1, 0.15) is 22.3 Å². The van der Waals surface area contributed by atoms with E-state index >= 15 is 0 Å². The fourth-order valence-corrected chi connectivity index (χ4v) is 2.78. The largest absolute Gasteiger partial charge is 0.280 e. The third-order valence-corrected chi connectivity index (χ3v) is 3.50. The second kappa shape index (κ2) is 3.18. The molecule has 0 saturated heterocycles. The van der Waals surface area contributed by atoms with Crippen LogP contribution in [0.25, 0.3) is 0 Å². The average Bonchev–Trinajstić information content (AvgIpc) is 2.63. The van der Waals surface area contributed by atoms with Crippen LogP contribution in [0.15, 0.2) is 41.9 Å². The van der Waals surface area contributed by atoms with Gasteiger partial charge in [-0.25, -0.2) is 0 Å². The number of benzene rings is 1. The molecule has 0 saturated carbocycles. The lowest BCUT2D eigenvalue weighted by molar-refractivity contribution is 0.717. The Kier molecular flexibility index (Phi) is 1.90. The molecule has 1 heteroatoms. The molecule has 1 aromatic rings. The van der Waals surface area contributed by atoms with Crippen LogP contribution in [-0.4, -0.2) is 11.8 Å². The molecule has 3 rings (SSSR count). The summed E-state index contributed by atoms with van der Waals surface area (Å²) in [5.74, 6) is 0. The molecule has 0 aromatic heterocycles. The van der Waals surface area contributed by atoms with E-state index in [1.807, 2.05) is 0 Å². The van der Waals surface area contributed by atoms with Crippen LogP contribution in [0.5, 0.6) is 0 Å². The van der Waals surface area contributed by atoms with Crippen molar-refractivity contribution in [2.75, 3.05) is 0 Å². The topological polar surface area (TPSA) is 12.4 Å². The van der Waals surface area contributed by atoms with Gasteiger partial charge in [0.05, 0.1) is 11.8 Å². The zero-order valence-electron chi connectivity index (χ0n) is 9.59. The lowest BCUT2D eigenvalue weighted by Crippen LogP contribution is -2.17. The summed E-state index contributed by atoms with van der Waals surface area (Å²) < 4.78 is 0. The van der Waals surface area contributed by atoms with Gasteiger partial charge in [-0.15, -0.1) is 0 Å². The molecular weight excluding hydrogens is 194 g/mol. The van der Waals surface area contributed by atoms with E-state index in [1.165, 1.54) is 22.3 Å². The number of fused-ring (bicyclic) bond motifs is 1. The molecule has 1 heterocycles. The van der Waals surface area contributed by atoms with Crippen LogP contribution < -0.4 is 0 Å². The molecule has 0 fully saturated rings. The van der Waals surface area contributed by atoms with E-state index in [-0.39, 0.29) is 0 Å². The first-order valence-electron chi connectivity index (χ1n) is 5.71. The van der Waals surface area contributed by atoms with E-state index in [4.69, 9.17) is 4.99 Å². The predicted octanol–water partition coefficient (Wildman–Crippen LogP) is 3.01. The Morgan fingerprint density at radius 1 is 1.44 bits per heavy atom. The molecular formula is C15H15N. The van der Waals surface area contributed by atoms with E-state index in [0.717, 1.165) is 24.1 Å². The molecule has 0 N–H and O–H groups in total. The van der Waals surface area contributed by atoms with Crippen molar-refractivity contribution in [3.05, 3.63) is 59.2 Å². The van der Waals surface area contributed by atoms with Gasteiger partial charge < -0.3 is 0 Å². The summed E-state index contributed by atoms with van der Waals surface area (Å²) in [6, 6.07) is 4.97. The number of rotatable bonds is 2. The van der Waals surface area contributed by atoms with Crippen LogP contribution in [0.4, 0.5) is 0 Å². The SMILES string of the molecule is C=CC(=C)C1=NC2Cc3cc(C)cc1c3C2. The molecule has 1 aliphatic heterocycles. The Balaban J connectivity index is 2.25. The monoisotopic (exact) mass is 209 g/mol. The molecule has 1 nitrogen and oxygen atoms in total. The third-order valence-electron chi connectivity index (χ3n) is 3.50. The zero-order chi connectivity index (χ0) is 11.3. The predicted molar refractivity (Wildman–Crippen MR) is 68.2 cm³/mol. The van der Waals surface area contributed by atoms with Gasteiger partial charge in [-0.3, -0.25) is 4.99 Å². The molecule has 1 atom stereocenters. The van der Waals surface area contributed by atoms with Gasteiger partial charge in [0.25, 0.3) is 0 Å². The Morgan fingerprint density at radius 3 is 3.00 bits per heavy atom. The zero-order valence-corrected chi connectivity index (χ0v) is 9.59. The average molecular weight is 209 g/mol. The first kappa shape index (κ1) is 9.59. The van der Waals surface area contributed by atoms with Gasteiger partial charge in [0.1, 0.15) is 0 Å². The third kappa shape index (κ3) is 1.21. The Bertz CT molecular complexity index is 535. The van der Waals surface area contributed by atoms with Crippen LogP contribution in [0.2, 0.25) is 0 Å². The lowest BCUT2D eigenvalue weighted by Gasteiger charge is -2.17. The maximum Gasteiger partial charge on any atom is 0.0719 e. The number of hydrogen-bond donors (Lipinski definition) is 0. The summed E-state index contributed by atoms with van der Waals surface area (Å²) in [5, 5.41) is 0. The molecule has 1 aromatic carbocycles. The van der Waals surface area contributed by atoms with Crippen molar-refractivity contribution in [3.8, 4) is 0 Å². The van der Waals surface area contributed by atoms with Crippen LogP contribution >= 0.6 is 0 Å². The minimum Gasteiger partial charge on any atom is -0.280 e.